The number of nitrogens with one attached hydrogen (secondary N) is 2. The summed E-state index contributed by atoms with van der Waals surface area (Å²) >= 11 is 0. The molecule has 0 bridgehead atoms. The number of fused-ring (bicyclic) bond motifs is 1. The number of benzene rings is 1. The Morgan fingerprint density at radius 3 is 2.76 bits per heavy atom. The molecule has 29 heavy (non-hydrogen) atoms. The average Bonchev–Trinajstić information content (AvgIpc) is 2.72. The Morgan fingerprint density at radius 2 is 2.03 bits per heavy atom. The molecule has 1 aliphatic rings. The molecule has 2 heterocycles. The van der Waals surface area contributed by atoms with Crippen molar-refractivity contribution in [1.29, 1.82) is 0 Å². The van der Waals surface area contributed by atoms with Crippen LogP contribution in [0.3, 0.4) is 0 Å². The fraction of sp³-hybridized carbons (Fsp3) is 0.571. The van der Waals surface area contributed by atoms with Crippen LogP contribution >= 0.6 is 0 Å². The lowest BCUT2D eigenvalue weighted by atomic mass is 10.0. The maximum absolute atomic E-state index is 12.5. The maximum Gasteiger partial charge on any atom is 0.258 e. The number of carbonyl (C=O) groups is 1. The third kappa shape index (κ3) is 5.62. The smallest absolute Gasteiger partial charge is 0.258 e. The third-order valence-electron chi connectivity index (χ3n) is 5.44. The van der Waals surface area contributed by atoms with Crippen molar-refractivity contribution in [2.45, 2.75) is 32.9 Å². The zero-order valence-electron chi connectivity index (χ0n) is 17.5. The number of aromatic nitrogens is 2. The lowest BCUT2D eigenvalue weighted by molar-refractivity contribution is -0.123. The minimum absolute atomic E-state index is 0.0312. The predicted octanol–water partition coefficient (Wildman–Crippen LogP) is 0.972. The molecule has 8 heteroatoms. The van der Waals surface area contributed by atoms with E-state index in [1.807, 2.05) is 30.0 Å². The Kier molecular flexibility index (Phi) is 7.00. The molecule has 1 aromatic heterocycles. The van der Waals surface area contributed by atoms with E-state index < -0.39 is 0 Å². The SMILES string of the molecule is CCN(CC(=O)NCC(C)(C)N1CCOCC1)Cc1nc2ccccc2c(=O)[nH]1. The van der Waals surface area contributed by atoms with Gasteiger partial charge < -0.3 is 15.0 Å². The van der Waals surface area contributed by atoms with Crippen molar-refractivity contribution in [2.75, 3.05) is 45.9 Å². The van der Waals surface area contributed by atoms with Crippen LogP contribution in [0.4, 0.5) is 0 Å². The summed E-state index contributed by atoms with van der Waals surface area (Å²) in [5, 5.41) is 3.63. The van der Waals surface area contributed by atoms with Crippen molar-refractivity contribution in [3.05, 3.63) is 40.4 Å². The van der Waals surface area contributed by atoms with Crippen molar-refractivity contribution in [1.82, 2.24) is 25.1 Å². The number of morpholine rings is 1. The monoisotopic (exact) mass is 401 g/mol. The van der Waals surface area contributed by atoms with Gasteiger partial charge in [-0.25, -0.2) is 4.98 Å². The molecule has 3 rings (SSSR count). The largest absolute Gasteiger partial charge is 0.379 e. The second-order valence-corrected chi connectivity index (χ2v) is 8.02. The van der Waals surface area contributed by atoms with Gasteiger partial charge in [0, 0.05) is 25.2 Å². The molecule has 0 spiro atoms. The Morgan fingerprint density at radius 1 is 1.31 bits per heavy atom. The van der Waals surface area contributed by atoms with Gasteiger partial charge in [0.1, 0.15) is 5.82 Å². The van der Waals surface area contributed by atoms with Crippen molar-refractivity contribution in [3.8, 4) is 0 Å². The molecule has 1 amide bonds. The number of aromatic amines is 1. The second-order valence-electron chi connectivity index (χ2n) is 8.02. The molecule has 158 valence electrons. The van der Waals surface area contributed by atoms with Gasteiger partial charge >= 0.3 is 0 Å². The van der Waals surface area contributed by atoms with Gasteiger partial charge in [-0.1, -0.05) is 19.1 Å². The molecule has 1 saturated heterocycles. The molecular weight excluding hydrogens is 370 g/mol. The highest BCUT2D eigenvalue weighted by atomic mass is 16.5. The first kappa shape index (κ1) is 21.4. The van der Waals surface area contributed by atoms with Gasteiger partial charge in [0.05, 0.1) is 37.2 Å². The minimum atomic E-state index is -0.154. The summed E-state index contributed by atoms with van der Waals surface area (Å²) < 4.78 is 5.41. The van der Waals surface area contributed by atoms with Gasteiger partial charge in [-0.05, 0) is 32.5 Å². The van der Waals surface area contributed by atoms with Gasteiger partial charge in [-0.15, -0.1) is 0 Å². The summed E-state index contributed by atoms with van der Waals surface area (Å²) in [6.45, 7) is 11.4. The number of para-hydroxylation sites is 1. The van der Waals surface area contributed by atoms with Gasteiger partial charge in [-0.2, -0.15) is 0 Å². The van der Waals surface area contributed by atoms with E-state index >= 15 is 0 Å². The van der Waals surface area contributed by atoms with E-state index in [9.17, 15) is 9.59 Å². The average molecular weight is 402 g/mol. The quantitative estimate of drug-likeness (QED) is 0.685. The lowest BCUT2D eigenvalue weighted by Gasteiger charge is -2.41. The zero-order chi connectivity index (χ0) is 20.9. The first-order valence-electron chi connectivity index (χ1n) is 10.2. The standard InChI is InChI=1S/C21H31N5O3/c1-4-25(13-18-23-17-8-6-5-7-16(17)20(28)24-18)14-19(27)22-15-21(2,3)26-9-11-29-12-10-26/h5-8H,4,9-15H2,1-3H3,(H,22,27)(H,23,24,28). The van der Waals surface area contributed by atoms with E-state index in [4.69, 9.17) is 4.74 Å². The number of carbonyl (C=O) groups excluding carboxylic acids is 1. The Labute approximate surface area is 171 Å². The molecule has 2 N–H and O–H groups in total. The normalized spacial score (nSPS) is 15.7. The molecule has 0 aliphatic carbocycles. The van der Waals surface area contributed by atoms with E-state index in [0.717, 1.165) is 26.3 Å². The van der Waals surface area contributed by atoms with Crippen LogP contribution in [-0.2, 0) is 16.1 Å². The highest BCUT2D eigenvalue weighted by Crippen LogP contribution is 2.15. The van der Waals surface area contributed by atoms with Crippen LogP contribution < -0.4 is 10.9 Å². The maximum atomic E-state index is 12.5. The number of nitrogens with zero attached hydrogens (tertiary/aromatic N) is 3. The Bertz CT molecular complexity index is 889. The van der Waals surface area contributed by atoms with Crippen LogP contribution in [-0.4, -0.2) is 77.2 Å². The van der Waals surface area contributed by atoms with Crippen molar-refractivity contribution < 1.29 is 9.53 Å². The molecule has 1 fully saturated rings. The van der Waals surface area contributed by atoms with E-state index in [2.05, 4.69) is 34.0 Å². The number of likely N-dealkylation sites (N-methyl/N-ethyl adjacent to an activating group) is 1. The van der Waals surface area contributed by atoms with Crippen LogP contribution in [0.1, 0.15) is 26.6 Å². The summed E-state index contributed by atoms with van der Waals surface area (Å²) in [5.41, 5.74) is 0.388. The summed E-state index contributed by atoms with van der Waals surface area (Å²) in [6.07, 6.45) is 0. The molecule has 0 unspecified atom stereocenters. The number of amides is 1. The van der Waals surface area contributed by atoms with Gasteiger partial charge in [-0.3, -0.25) is 19.4 Å². The number of hydrogen-bond acceptors (Lipinski definition) is 6. The first-order valence-corrected chi connectivity index (χ1v) is 10.2. The fourth-order valence-corrected chi connectivity index (χ4v) is 3.56. The van der Waals surface area contributed by atoms with Crippen molar-refractivity contribution in [3.63, 3.8) is 0 Å². The van der Waals surface area contributed by atoms with Gasteiger partial charge in [0.25, 0.3) is 5.56 Å². The van der Waals surface area contributed by atoms with E-state index in [1.165, 1.54) is 0 Å². The Balaban J connectivity index is 1.56. The van der Waals surface area contributed by atoms with Crippen molar-refractivity contribution >= 4 is 16.8 Å². The van der Waals surface area contributed by atoms with Gasteiger partial charge in [0.2, 0.25) is 5.91 Å². The lowest BCUT2D eigenvalue weighted by Crippen LogP contribution is -2.56. The topological polar surface area (TPSA) is 90.6 Å². The molecule has 1 aliphatic heterocycles. The van der Waals surface area contributed by atoms with E-state index in [0.29, 0.717) is 36.4 Å². The predicted molar refractivity (Wildman–Crippen MR) is 113 cm³/mol. The highest BCUT2D eigenvalue weighted by molar-refractivity contribution is 5.78. The fourth-order valence-electron chi connectivity index (χ4n) is 3.56. The number of rotatable bonds is 8. The van der Waals surface area contributed by atoms with Crippen LogP contribution in [0.25, 0.3) is 10.9 Å². The third-order valence-corrected chi connectivity index (χ3v) is 5.44. The summed E-state index contributed by atoms with van der Waals surface area (Å²) in [6, 6.07) is 7.26. The molecule has 0 atom stereocenters. The number of H-pyrrole nitrogens is 1. The number of ether oxygens (including phenoxy) is 1. The Hall–Kier alpha value is -2.29. The summed E-state index contributed by atoms with van der Waals surface area (Å²) in [5.74, 6) is 0.535. The van der Waals surface area contributed by atoms with Crippen LogP contribution in [0.2, 0.25) is 0 Å². The molecule has 1 aromatic carbocycles. The zero-order valence-corrected chi connectivity index (χ0v) is 17.5. The minimum Gasteiger partial charge on any atom is -0.379 e. The van der Waals surface area contributed by atoms with Crippen LogP contribution in [0, 0.1) is 0 Å². The number of hydrogen-bond donors (Lipinski definition) is 2. The van der Waals surface area contributed by atoms with Crippen LogP contribution in [0.15, 0.2) is 29.1 Å². The molecule has 8 nitrogen and oxygen atoms in total. The molecule has 0 radical (unpaired) electrons. The van der Waals surface area contributed by atoms with Crippen molar-refractivity contribution in [2.24, 2.45) is 0 Å². The van der Waals surface area contributed by atoms with E-state index in [1.54, 1.807) is 6.07 Å². The second kappa shape index (κ2) is 9.47. The molecule has 0 saturated carbocycles. The highest BCUT2D eigenvalue weighted by Gasteiger charge is 2.28. The molecular formula is C21H31N5O3. The first-order chi connectivity index (χ1) is 13.9. The molecule has 2 aromatic rings. The summed E-state index contributed by atoms with van der Waals surface area (Å²) in [4.78, 5) is 36.4. The van der Waals surface area contributed by atoms with Gasteiger partial charge in [0.15, 0.2) is 0 Å². The summed E-state index contributed by atoms with van der Waals surface area (Å²) in [7, 11) is 0. The van der Waals surface area contributed by atoms with E-state index in [-0.39, 0.29) is 23.6 Å². The van der Waals surface area contributed by atoms with Crippen LogP contribution in [0.5, 0.6) is 0 Å².